The largest absolute Gasteiger partial charge is 0.496 e. The van der Waals surface area contributed by atoms with Crippen molar-refractivity contribution in [3.63, 3.8) is 0 Å². The Morgan fingerprint density at radius 2 is 2.06 bits per heavy atom. The van der Waals surface area contributed by atoms with Gasteiger partial charge >= 0.3 is 0 Å². The van der Waals surface area contributed by atoms with E-state index in [0.29, 0.717) is 18.6 Å². The molecule has 4 unspecified atom stereocenters. The molecular weight excluding hydrogens is 440 g/mol. The fraction of sp³-hybridized carbons (Fsp3) is 0.500. The van der Waals surface area contributed by atoms with Crippen LogP contribution in [0.3, 0.4) is 0 Å². The molecule has 1 aromatic heterocycles. The average molecular weight is 473 g/mol. The lowest BCUT2D eigenvalue weighted by atomic mass is 9.92. The number of aliphatic hydroxyl groups is 1. The number of nitrogens with one attached hydrogen (secondary N) is 3. The summed E-state index contributed by atoms with van der Waals surface area (Å²) in [6.07, 6.45) is 0.892. The Balaban J connectivity index is 1.79. The Kier molecular flexibility index (Phi) is 7.93. The third-order valence-electron chi connectivity index (χ3n) is 6.48. The van der Waals surface area contributed by atoms with Crippen molar-refractivity contribution >= 4 is 34.4 Å². The normalized spacial score (nSPS) is 19.7. The van der Waals surface area contributed by atoms with Gasteiger partial charge in [-0.15, -0.1) is 0 Å². The zero-order valence-corrected chi connectivity index (χ0v) is 19.9. The molecule has 1 aromatic carbocycles. The first-order valence-electron chi connectivity index (χ1n) is 11.4. The van der Waals surface area contributed by atoms with Gasteiger partial charge in [0, 0.05) is 29.9 Å². The molecule has 3 amide bonds. The topological polar surface area (TPSA) is 141 Å². The number of ether oxygens (including phenoxy) is 1. The summed E-state index contributed by atoms with van der Waals surface area (Å²) >= 11 is 0. The summed E-state index contributed by atoms with van der Waals surface area (Å²) in [4.78, 5) is 55.4. The Morgan fingerprint density at radius 3 is 2.68 bits per heavy atom. The summed E-state index contributed by atoms with van der Waals surface area (Å²) in [5.41, 5.74) is 1.01. The Labute approximate surface area is 198 Å². The number of hydrogen-bond acceptors (Lipinski definition) is 6. The quantitative estimate of drug-likeness (QED) is 0.406. The van der Waals surface area contributed by atoms with Gasteiger partial charge < -0.3 is 30.4 Å². The van der Waals surface area contributed by atoms with Crippen molar-refractivity contribution in [2.45, 2.75) is 51.2 Å². The van der Waals surface area contributed by atoms with Gasteiger partial charge in [0.05, 0.1) is 13.2 Å². The van der Waals surface area contributed by atoms with E-state index in [1.54, 1.807) is 32.2 Å². The number of Topliss-reactive ketones (excluding diaryl/α,β-unsaturated/α-hetero) is 1. The zero-order chi connectivity index (χ0) is 25.0. The molecule has 10 heteroatoms. The maximum absolute atomic E-state index is 13.3. The molecule has 34 heavy (non-hydrogen) atoms. The fourth-order valence-corrected chi connectivity index (χ4v) is 4.64. The summed E-state index contributed by atoms with van der Waals surface area (Å²) < 4.78 is 5.33. The van der Waals surface area contributed by atoms with Crippen LogP contribution in [0.2, 0.25) is 0 Å². The monoisotopic (exact) mass is 472 g/mol. The Morgan fingerprint density at radius 1 is 1.32 bits per heavy atom. The van der Waals surface area contributed by atoms with E-state index in [1.807, 2.05) is 13.0 Å². The highest BCUT2D eigenvalue weighted by atomic mass is 16.5. The Bertz CT molecular complexity index is 1080. The minimum absolute atomic E-state index is 0.105. The third-order valence-corrected chi connectivity index (χ3v) is 6.48. The summed E-state index contributed by atoms with van der Waals surface area (Å²) in [6, 6.07) is 4.94. The van der Waals surface area contributed by atoms with Crippen LogP contribution in [0.5, 0.6) is 5.75 Å². The molecule has 2 aromatic rings. The Hall–Kier alpha value is -3.40. The molecule has 0 saturated carbocycles. The number of fused-ring (bicyclic) bond motifs is 1. The molecular formula is C24H32N4O6. The molecule has 3 rings (SSSR count). The van der Waals surface area contributed by atoms with Gasteiger partial charge in [0.15, 0.2) is 5.78 Å². The average Bonchev–Trinajstić information content (AvgIpc) is 3.40. The number of aliphatic hydroxyl groups excluding tert-OH is 1. The first-order valence-corrected chi connectivity index (χ1v) is 11.4. The van der Waals surface area contributed by atoms with Crippen molar-refractivity contribution < 1.29 is 29.0 Å². The standard InChI is InChI=1S/C24H32N4O6/c1-5-14(22(31)25-3)10-19(20(30)12-29)28-13(2)9-18(24(28)33)27-23(32)17-11-15-16(26-17)7-6-8-21(15)34-4/h6-8,11,13-14,18-19,26,29H,5,9-10,12H2,1-4H3,(H,25,31)(H,27,32). The molecule has 1 saturated heterocycles. The van der Waals surface area contributed by atoms with Gasteiger partial charge in [-0.2, -0.15) is 0 Å². The van der Waals surface area contributed by atoms with Crippen molar-refractivity contribution in [2.24, 2.45) is 5.92 Å². The summed E-state index contributed by atoms with van der Waals surface area (Å²) in [5, 5.41) is 15.6. The van der Waals surface area contributed by atoms with E-state index < -0.39 is 42.2 Å². The number of likely N-dealkylation sites (tertiary alicyclic amines) is 1. The number of nitrogens with zero attached hydrogens (tertiary/aromatic N) is 1. The van der Waals surface area contributed by atoms with E-state index in [0.717, 1.165) is 10.9 Å². The number of aromatic amines is 1. The van der Waals surface area contributed by atoms with Crippen molar-refractivity contribution in [1.82, 2.24) is 20.5 Å². The second-order valence-electron chi connectivity index (χ2n) is 8.56. The number of carbonyl (C=O) groups is 4. The number of aromatic nitrogens is 1. The summed E-state index contributed by atoms with van der Waals surface area (Å²) in [6.45, 7) is 2.88. The molecule has 0 spiro atoms. The molecule has 10 nitrogen and oxygen atoms in total. The van der Waals surface area contributed by atoms with Gasteiger partial charge in [0.2, 0.25) is 11.8 Å². The van der Waals surface area contributed by atoms with Gasteiger partial charge in [-0.3, -0.25) is 19.2 Å². The lowest BCUT2D eigenvalue weighted by Gasteiger charge is -2.32. The number of hydrogen-bond donors (Lipinski definition) is 4. The van der Waals surface area contributed by atoms with E-state index in [9.17, 15) is 24.3 Å². The molecule has 4 N–H and O–H groups in total. The second kappa shape index (κ2) is 10.7. The van der Waals surface area contributed by atoms with E-state index in [-0.39, 0.29) is 24.1 Å². The molecule has 184 valence electrons. The number of amides is 3. The van der Waals surface area contributed by atoms with Crippen LogP contribution in [-0.4, -0.2) is 77.4 Å². The zero-order valence-electron chi connectivity index (χ0n) is 19.9. The van der Waals surface area contributed by atoms with Crippen molar-refractivity contribution in [3.05, 3.63) is 30.0 Å². The number of carbonyl (C=O) groups excluding carboxylic acids is 4. The van der Waals surface area contributed by atoms with Crippen LogP contribution < -0.4 is 15.4 Å². The molecule has 1 fully saturated rings. The molecule has 0 bridgehead atoms. The van der Waals surface area contributed by atoms with Crippen LogP contribution in [0.25, 0.3) is 10.9 Å². The predicted octanol–water partition coefficient (Wildman–Crippen LogP) is 0.988. The molecule has 0 radical (unpaired) electrons. The van der Waals surface area contributed by atoms with E-state index >= 15 is 0 Å². The van der Waals surface area contributed by atoms with E-state index in [2.05, 4.69) is 15.6 Å². The summed E-state index contributed by atoms with van der Waals surface area (Å²) in [7, 11) is 3.06. The first kappa shape index (κ1) is 25.2. The van der Waals surface area contributed by atoms with Gasteiger partial charge in [-0.1, -0.05) is 13.0 Å². The molecule has 0 aliphatic carbocycles. The van der Waals surface area contributed by atoms with Gasteiger partial charge in [-0.25, -0.2) is 0 Å². The molecule has 1 aliphatic rings. The lowest BCUT2D eigenvalue weighted by molar-refractivity contribution is -0.141. The maximum Gasteiger partial charge on any atom is 0.268 e. The van der Waals surface area contributed by atoms with Gasteiger partial charge in [0.25, 0.3) is 5.91 Å². The molecule has 1 aliphatic heterocycles. The number of methoxy groups -OCH3 is 1. The first-order chi connectivity index (χ1) is 16.2. The number of benzene rings is 1. The highest BCUT2D eigenvalue weighted by Crippen LogP contribution is 2.28. The van der Waals surface area contributed by atoms with Crippen LogP contribution in [0.15, 0.2) is 24.3 Å². The smallest absolute Gasteiger partial charge is 0.268 e. The van der Waals surface area contributed by atoms with E-state index in [1.165, 1.54) is 11.9 Å². The van der Waals surface area contributed by atoms with Crippen LogP contribution in [0.4, 0.5) is 0 Å². The van der Waals surface area contributed by atoms with Crippen LogP contribution in [-0.2, 0) is 14.4 Å². The minimum Gasteiger partial charge on any atom is -0.496 e. The number of ketones is 1. The highest BCUT2D eigenvalue weighted by Gasteiger charge is 2.44. The van der Waals surface area contributed by atoms with Crippen molar-refractivity contribution in [1.29, 1.82) is 0 Å². The lowest BCUT2D eigenvalue weighted by Crippen LogP contribution is -2.51. The van der Waals surface area contributed by atoms with Crippen LogP contribution >= 0.6 is 0 Å². The predicted molar refractivity (Wildman–Crippen MR) is 125 cm³/mol. The van der Waals surface area contributed by atoms with E-state index in [4.69, 9.17) is 4.74 Å². The van der Waals surface area contributed by atoms with Crippen LogP contribution in [0, 0.1) is 5.92 Å². The van der Waals surface area contributed by atoms with Crippen molar-refractivity contribution in [3.8, 4) is 5.75 Å². The highest BCUT2D eigenvalue weighted by molar-refractivity contribution is 6.02. The maximum atomic E-state index is 13.3. The summed E-state index contributed by atoms with van der Waals surface area (Å²) in [5.74, 6) is -1.48. The van der Waals surface area contributed by atoms with Gasteiger partial charge in [-0.05, 0) is 44.4 Å². The second-order valence-corrected chi connectivity index (χ2v) is 8.56. The molecule has 2 heterocycles. The number of rotatable bonds is 10. The minimum atomic E-state index is -0.950. The van der Waals surface area contributed by atoms with Gasteiger partial charge in [0.1, 0.15) is 24.1 Å². The molecule has 4 atom stereocenters. The number of H-pyrrole nitrogens is 1. The van der Waals surface area contributed by atoms with Crippen LogP contribution in [0.1, 0.15) is 43.6 Å². The van der Waals surface area contributed by atoms with Crippen molar-refractivity contribution in [2.75, 3.05) is 20.8 Å². The SMILES string of the molecule is CCC(CC(C(=O)CO)N1C(=O)C(NC(=O)c2cc3c(OC)cccc3[nH]2)CC1C)C(=O)NC. The third kappa shape index (κ3) is 4.91. The fourth-order valence-electron chi connectivity index (χ4n) is 4.64.